The van der Waals surface area contributed by atoms with Crippen LogP contribution < -0.4 is 9.47 Å². The van der Waals surface area contributed by atoms with Crippen LogP contribution in [0.2, 0.25) is 0 Å². The van der Waals surface area contributed by atoms with Crippen molar-refractivity contribution in [2.24, 2.45) is 0 Å². The molecule has 110 valence electrons. The maximum Gasteiger partial charge on any atom is 0.328 e. The third-order valence-corrected chi connectivity index (χ3v) is 2.72. The van der Waals surface area contributed by atoms with Gasteiger partial charge in [0.1, 0.15) is 18.0 Å². The number of benzene rings is 1. The van der Waals surface area contributed by atoms with E-state index in [1.807, 2.05) is 0 Å². The number of carboxylic acids is 1. The van der Waals surface area contributed by atoms with Gasteiger partial charge in [0.25, 0.3) is 0 Å². The van der Waals surface area contributed by atoms with E-state index in [1.165, 1.54) is 13.2 Å². The number of carbonyl (C=O) groups is 1. The van der Waals surface area contributed by atoms with Crippen molar-refractivity contribution in [2.45, 2.75) is 13.5 Å². The van der Waals surface area contributed by atoms with Crippen LogP contribution in [-0.2, 0) is 11.4 Å². The lowest BCUT2D eigenvalue weighted by atomic mass is 10.2. The van der Waals surface area contributed by atoms with Crippen LogP contribution in [0.15, 0.2) is 28.9 Å². The summed E-state index contributed by atoms with van der Waals surface area (Å²) in [6.07, 6.45) is 2.52. The molecule has 0 fully saturated rings. The van der Waals surface area contributed by atoms with Crippen LogP contribution >= 0.6 is 0 Å². The minimum absolute atomic E-state index is 0.178. The summed E-state index contributed by atoms with van der Waals surface area (Å²) in [4.78, 5) is 10.5. The molecule has 0 amide bonds. The van der Waals surface area contributed by atoms with Crippen molar-refractivity contribution in [3.8, 4) is 11.5 Å². The van der Waals surface area contributed by atoms with Crippen LogP contribution in [0.3, 0.4) is 0 Å². The first-order chi connectivity index (χ1) is 10.1. The fourth-order valence-corrected chi connectivity index (χ4v) is 1.60. The number of hydrogen-bond donors (Lipinski definition) is 1. The van der Waals surface area contributed by atoms with E-state index < -0.39 is 5.97 Å². The van der Waals surface area contributed by atoms with Crippen molar-refractivity contribution >= 4 is 12.0 Å². The monoisotopic (exact) mass is 290 g/mol. The minimum atomic E-state index is -1.02. The topological polar surface area (TPSA) is 94.7 Å². The molecule has 1 N–H and O–H groups in total. The van der Waals surface area contributed by atoms with E-state index >= 15 is 0 Å². The van der Waals surface area contributed by atoms with Crippen molar-refractivity contribution < 1.29 is 24.0 Å². The average Bonchev–Trinajstić information content (AvgIpc) is 2.88. The van der Waals surface area contributed by atoms with E-state index in [2.05, 4.69) is 14.9 Å². The molecule has 0 aliphatic carbocycles. The Labute approximate surface area is 120 Å². The van der Waals surface area contributed by atoms with Gasteiger partial charge in [-0.15, -0.1) is 0 Å². The highest BCUT2D eigenvalue weighted by atomic mass is 16.6. The summed E-state index contributed by atoms with van der Waals surface area (Å²) in [7, 11) is 1.53. The van der Waals surface area contributed by atoms with E-state index in [0.717, 1.165) is 6.08 Å². The maximum atomic E-state index is 10.5. The Kier molecular flexibility index (Phi) is 4.55. The molecule has 1 heterocycles. The van der Waals surface area contributed by atoms with Crippen LogP contribution in [-0.4, -0.2) is 28.5 Å². The second kappa shape index (κ2) is 6.56. The second-order valence-electron chi connectivity index (χ2n) is 4.17. The zero-order chi connectivity index (χ0) is 15.2. The molecule has 0 saturated heterocycles. The molecule has 2 aromatic rings. The van der Waals surface area contributed by atoms with Crippen molar-refractivity contribution in [3.63, 3.8) is 0 Å². The normalized spacial score (nSPS) is 10.8. The Bertz CT molecular complexity index is 663. The first-order valence-corrected chi connectivity index (χ1v) is 6.10. The molecule has 1 aromatic carbocycles. The predicted octanol–water partition coefficient (Wildman–Crippen LogP) is 2.06. The van der Waals surface area contributed by atoms with Crippen molar-refractivity contribution in [1.29, 1.82) is 0 Å². The number of methoxy groups -OCH3 is 1. The molecule has 0 spiro atoms. The summed E-state index contributed by atoms with van der Waals surface area (Å²) >= 11 is 0. The summed E-state index contributed by atoms with van der Waals surface area (Å²) in [5.41, 5.74) is 1.92. The molecular weight excluding hydrogens is 276 g/mol. The van der Waals surface area contributed by atoms with E-state index in [-0.39, 0.29) is 6.61 Å². The molecule has 7 heteroatoms. The van der Waals surface area contributed by atoms with Crippen LogP contribution in [0.5, 0.6) is 11.5 Å². The Morgan fingerprint density at radius 2 is 2.19 bits per heavy atom. The standard InChI is InChI=1S/C14H14N2O5/c1-9-11(16-21-15-9)8-20-13-7-10(4-6-14(17)18)3-5-12(13)19-2/h3-7H,8H2,1-2H3,(H,17,18). The lowest BCUT2D eigenvalue weighted by molar-refractivity contribution is -0.131. The van der Waals surface area contributed by atoms with Gasteiger partial charge in [0.05, 0.1) is 7.11 Å². The maximum absolute atomic E-state index is 10.5. The van der Waals surface area contributed by atoms with Gasteiger partial charge in [-0.1, -0.05) is 16.4 Å². The highest BCUT2D eigenvalue weighted by Gasteiger charge is 2.09. The van der Waals surface area contributed by atoms with Crippen LogP contribution in [0.4, 0.5) is 0 Å². The number of aryl methyl sites for hydroxylation is 1. The summed E-state index contributed by atoms with van der Waals surface area (Å²) < 4.78 is 15.4. The smallest absolute Gasteiger partial charge is 0.328 e. The van der Waals surface area contributed by atoms with Gasteiger partial charge < -0.3 is 14.6 Å². The number of nitrogens with zero attached hydrogens (tertiary/aromatic N) is 2. The van der Waals surface area contributed by atoms with Gasteiger partial charge in [0.15, 0.2) is 11.5 Å². The van der Waals surface area contributed by atoms with Gasteiger partial charge in [-0.05, 0) is 30.7 Å². The van der Waals surface area contributed by atoms with E-state index in [4.69, 9.17) is 14.6 Å². The first-order valence-electron chi connectivity index (χ1n) is 6.10. The lowest BCUT2D eigenvalue weighted by Gasteiger charge is -2.10. The number of carboxylic acid groups (broad SMARTS) is 1. The predicted molar refractivity (Wildman–Crippen MR) is 73.0 cm³/mol. The summed E-state index contributed by atoms with van der Waals surface area (Å²) in [5.74, 6) is 0.00148. The number of rotatable bonds is 6. The zero-order valence-electron chi connectivity index (χ0n) is 11.6. The highest BCUT2D eigenvalue weighted by Crippen LogP contribution is 2.29. The lowest BCUT2D eigenvalue weighted by Crippen LogP contribution is -2.00. The molecule has 21 heavy (non-hydrogen) atoms. The molecule has 0 atom stereocenters. The fraction of sp³-hybridized carbons (Fsp3) is 0.214. The van der Waals surface area contributed by atoms with Gasteiger partial charge in [0.2, 0.25) is 0 Å². The molecule has 0 aliphatic rings. The Hall–Kier alpha value is -2.83. The average molecular weight is 290 g/mol. The molecule has 1 aromatic heterocycles. The van der Waals surface area contributed by atoms with Gasteiger partial charge in [-0.2, -0.15) is 0 Å². The van der Waals surface area contributed by atoms with Crippen molar-refractivity contribution in [3.05, 3.63) is 41.2 Å². The largest absolute Gasteiger partial charge is 0.493 e. The third-order valence-electron chi connectivity index (χ3n) is 2.72. The van der Waals surface area contributed by atoms with E-state index in [0.29, 0.717) is 28.5 Å². The second-order valence-corrected chi connectivity index (χ2v) is 4.17. The molecular formula is C14H14N2O5. The summed E-state index contributed by atoms with van der Waals surface area (Å²) in [6, 6.07) is 5.11. The number of ether oxygens (including phenoxy) is 2. The Balaban J connectivity index is 2.17. The molecule has 2 rings (SSSR count). The van der Waals surface area contributed by atoms with Crippen LogP contribution in [0.1, 0.15) is 17.0 Å². The molecule has 7 nitrogen and oxygen atoms in total. The highest BCUT2D eigenvalue weighted by molar-refractivity contribution is 5.85. The van der Waals surface area contributed by atoms with Crippen molar-refractivity contribution in [2.75, 3.05) is 7.11 Å². The zero-order valence-corrected chi connectivity index (χ0v) is 11.6. The van der Waals surface area contributed by atoms with Crippen molar-refractivity contribution in [1.82, 2.24) is 10.3 Å². The summed E-state index contributed by atoms with van der Waals surface area (Å²) in [5, 5.41) is 16.0. The molecule has 0 radical (unpaired) electrons. The first kappa shape index (κ1) is 14.6. The number of hydrogen-bond acceptors (Lipinski definition) is 6. The Morgan fingerprint density at radius 3 is 2.81 bits per heavy atom. The van der Waals surface area contributed by atoms with Crippen LogP contribution in [0.25, 0.3) is 6.08 Å². The number of aromatic nitrogens is 2. The van der Waals surface area contributed by atoms with Gasteiger partial charge in [-0.25, -0.2) is 9.42 Å². The van der Waals surface area contributed by atoms with Gasteiger partial charge in [-0.3, -0.25) is 0 Å². The van der Waals surface area contributed by atoms with Gasteiger partial charge in [0, 0.05) is 6.08 Å². The SMILES string of the molecule is COc1ccc(C=CC(=O)O)cc1OCc1nonc1C. The fourth-order valence-electron chi connectivity index (χ4n) is 1.60. The van der Waals surface area contributed by atoms with Gasteiger partial charge >= 0.3 is 5.97 Å². The molecule has 0 saturated carbocycles. The van der Waals surface area contributed by atoms with Crippen LogP contribution in [0, 0.1) is 6.92 Å². The third kappa shape index (κ3) is 3.82. The molecule has 0 unspecified atom stereocenters. The molecule has 0 aliphatic heterocycles. The Morgan fingerprint density at radius 1 is 1.38 bits per heavy atom. The van der Waals surface area contributed by atoms with E-state index in [1.54, 1.807) is 25.1 Å². The van der Waals surface area contributed by atoms with E-state index in [9.17, 15) is 4.79 Å². The number of aliphatic carboxylic acids is 1. The summed E-state index contributed by atoms with van der Waals surface area (Å²) in [6.45, 7) is 1.94. The quantitative estimate of drug-likeness (QED) is 0.813. The minimum Gasteiger partial charge on any atom is -0.493 e. The molecule has 0 bridgehead atoms.